The van der Waals surface area contributed by atoms with E-state index in [2.05, 4.69) is 14.9 Å². The predicted molar refractivity (Wildman–Crippen MR) is 81.4 cm³/mol. The van der Waals surface area contributed by atoms with Gasteiger partial charge in [-0.25, -0.2) is 0 Å². The molecule has 0 atom stereocenters. The molecule has 0 saturated heterocycles. The van der Waals surface area contributed by atoms with Crippen LogP contribution in [0.4, 0.5) is 0 Å². The predicted octanol–water partition coefficient (Wildman–Crippen LogP) is 2.99. The molecule has 23 heavy (non-hydrogen) atoms. The van der Waals surface area contributed by atoms with E-state index in [0.717, 1.165) is 16.9 Å². The summed E-state index contributed by atoms with van der Waals surface area (Å²) in [7, 11) is 0. The highest BCUT2D eigenvalue weighted by molar-refractivity contribution is 5.55. The summed E-state index contributed by atoms with van der Waals surface area (Å²) < 4.78 is 15.3. The molecule has 3 aromatic rings. The normalized spacial score (nSPS) is 10.3. The van der Waals surface area contributed by atoms with Crippen molar-refractivity contribution in [3.63, 3.8) is 0 Å². The Morgan fingerprint density at radius 3 is 2.52 bits per heavy atom. The fourth-order valence-electron chi connectivity index (χ4n) is 1.98. The molecule has 0 fully saturated rings. The van der Waals surface area contributed by atoms with Crippen molar-refractivity contribution >= 4 is 6.47 Å². The van der Waals surface area contributed by atoms with E-state index < -0.39 is 0 Å². The zero-order chi connectivity index (χ0) is 15.9. The Balaban J connectivity index is 1.62. The van der Waals surface area contributed by atoms with Crippen LogP contribution in [0.25, 0.3) is 11.4 Å². The zero-order valence-electron chi connectivity index (χ0n) is 12.2. The molecular formula is C17H14N2O4. The van der Waals surface area contributed by atoms with Crippen molar-refractivity contribution < 1.29 is 18.8 Å². The van der Waals surface area contributed by atoms with Gasteiger partial charge in [0.1, 0.15) is 12.4 Å². The third-order valence-electron chi connectivity index (χ3n) is 3.10. The van der Waals surface area contributed by atoms with Crippen LogP contribution >= 0.6 is 0 Å². The third-order valence-corrected chi connectivity index (χ3v) is 3.10. The Morgan fingerprint density at radius 2 is 1.78 bits per heavy atom. The topological polar surface area (TPSA) is 74.5 Å². The van der Waals surface area contributed by atoms with E-state index in [1.165, 1.54) is 0 Å². The maximum Gasteiger partial charge on any atom is 0.293 e. The number of rotatable bonds is 7. The molecule has 116 valence electrons. The van der Waals surface area contributed by atoms with Gasteiger partial charge in [0.25, 0.3) is 12.4 Å². The van der Waals surface area contributed by atoms with Gasteiger partial charge in [-0.2, -0.15) is 4.98 Å². The van der Waals surface area contributed by atoms with Gasteiger partial charge in [0, 0.05) is 5.56 Å². The molecule has 6 nitrogen and oxygen atoms in total. The molecule has 0 N–H and O–H groups in total. The number of aromatic nitrogens is 2. The molecule has 1 aromatic heterocycles. The molecule has 0 aliphatic carbocycles. The van der Waals surface area contributed by atoms with Crippen LogP contribution in [-0.4, -0.2) is 16.6 Å². The molecule has 6 heteroatoms. The first kappa shape index (κ1) is 14.8. The molecule has 0 aliphatic heterocycles. The minimum absolute atomic E-state index is 0.0330. The van der Waals surface area contributed by atoms with Gasteiger partial charge < -0.3 is 14.0 Å². The van der Waals surface area contributed by atoms with Crippen molar-refractivity contribution in [3.8, 4) is 17.1 Å². The molecular weight excluding hydrogens is 296 g/mol. The van der Waals surface area contributed by atoms with Crippen LogP contribution in [0, 0.1) is 0 Å². The first-order valence-corrected chi connectivity index (χ1v) is 7.00. The van der Waals surface area contributed by atoms with E-state index >= 15 is 0 Å². The number of nitrogens with zero attached hydrogens (tertiary/aromatic N) is 2. The first-order chi connectivity index (χ1) is 11.3. The summed E-state index contributed by atoms with van der Waals surface area (Å²) in [5, 5.41) is 3.84. The van der Waals surface area contributed by atoms with E-state index in [1.807, 2.05) is 54.6 Å². The van der Waals surface area contributed by atoms with Gasteiger partial charge in [0.15, 0.2) is 6.61 Å². The van der Waals surface area contributed by atoms with Crippen molar-refractivity contribution in [1.29, 1.82) is 0 Å². The highest BCUT2D eigenvalue weighted by atomic mass is 16.5. The van der Waals surface area contributed by atoms with Crippen LogP contribution < -0.4 is 4.74 Å². The molecule has 0 unspecified atom stereocenters. The lowest BCUT2D eigenvalue weighted by molar-refractivity contribution is -0.130. The van der Waals surface area contributed by atoms with Crippen LogP contribution in [0.2, 0.25) is 0 Å². The van der Waals surface area contributed by atoms with Crippen molar-refractivity contribution in [3.05, 3.63) is 66.1 Å². The van der Waals surface area contributed by atoms with Crippen molar-refractivity contribution in [2.45, 2.75) is 13.2 Å². The van der Waals surface area contributed by atoms with E-state index in [1.54, 1.807) is 0 Å². The summed E-state index contributed by atoms with van der Waals surface area (Å²) in [6.45, 7) is 0.813. The van der Waals surface area contributed by atoms with Crippen LogP contribution in [0.5, 0.6) is 5.75 Å². The fraction of sp³-hybridized carbons (Fsp3) is 0.118. The maximum absolute atomic E-state index is 10.1. The Hall–Kier alpha value is -3.15. The lowest BCUT2D eigenvalue weighted by Crippen LogP contribution is -1.94. The number of ether oxygens (including phenoxy) is 2. The summed E-state index contributed by atoms with van der Waals surface area (Å²) in [6.07, 6.45) is 0. The second-order valence-electron chi connectivity index (χ2n) is 4.72. The fourth-order valence-corrected chi connectivity index (χ4v) is 1.98. The summed E-state index contributed by atoms with van der Waals surface area (Å²) >= 11 is 0. The number of carbonyl (C=O) groups is 1. The Kier molecular flexibility index (Phi) is 4.63. The van der Waals surface area contributed by atoms with Crippen LogP contribution in [0.1, 0.15) is 11.5 Å². The molecule has 3 rings (SSSR count). The number of benzene rings is 2. The van der Waals surface area contributed by atoms with E-state index in [0.29, 0.717) is 18.9 Å². The monoisotopic (exact) mass is 310 g/mol. The number of hydrogen-bond acceptors (Lipinski definition) is 6. The SMILES string of the molecule is O=COCc1nc(-c2ccc(OCc3ccccc3)cc2)no1. The van der Waals surface area contributed by atoms with Crippen molar-refractivity contribution in [1.82, 2.24) is 10.1 Å². The van der Waals surface area contributed by atoms with Crippen LogP contribution in [0.15, 0.2) is 59.1 Å². The lowest BCUT2D eigenvalue weighted by atomic mass is 10.2. The quantitative estimate of drug-likeness (QED) is 0.625. The average Bonchev–Trinajstić information content (AvgIpc) is 3.08. The minimum Gasteiger partial charge on any atom is -0.489 e. The summed E-state index contributed by atoms with van der Waals surface area (Å²) in [6, 6.07) is 17.3. The lowest BCUT2D eigenvalue weighted by Gasteiger charge is -2.06. The van der Waals surface area contributed by atoms with Gasteiger partial charge >= 0.3 is 0 Å². The van der Waals surface area contributed by atoms with E-state index in [4.69, 9.17) is 9.26 Å². The van der Waals surface area contributed by atoms with Gasteiger partial charge in [-0.05, 0) is 29.8 Å². The molecule has 0 spiro atoms. The smallest absolute Gasteiger partial charge is 0.293 e. The molecule has 0 saturated carbocycles. The summed E-state index contributed by atoms with van der Waals surface area (Å²) in [4.78, 5) is 14.3. The Labute approximate surface area is 132 Å². The van der Waals surface area contributed by atoms with Crippen LogP contribution in [-0.2, 0) is 22.7 Å². The second kappa shape index (κ2) is 7.22. The first-order valence-electron chi connectivity index (χ1n) is 7.00. The third kappa shape index (κ3) is 3.94. The summed E-state index contributed by atoms with van der Waals surface area (Å²) in [5.41, 5.74) is 1.90. The van der Waals surface area contributed by atoms with Gasteiger partial charge in [-0.3, -0.25) is 4.79 Å². The maximum atomic E-state index is 10.1. The van der Waals surface area contributed by atoms with Gasteiger partial charge in [0.05, 0.1) is 0 Å². The molecule has 0 aliphatic rings. The van der Waals surface area contributed by atoms with Crippen molar-refractivity contribution in [2.75, 3.05) is 0 Å². The largest absolute Gasteiger partial charge is 0.489 e. The Bertz CT molecular complexity index is 754. The molecule has 0 radical (unpaired) electrons. The van der Waals surface area contributed by atoms with Gasteiger partial charge in [-0.1, -0.05) is 35.5 Å². The Morgan fingerprint density at radius 1 is 1.00 bits per heavy atom. The van der Waals surface area contributed by atoms with Crippen LogP contribution in [0.3, 0.4) is 0 Å². The molecule has 2 aromatic carbocycles. The molecule has 0 bridgehead atoms. The second-order valence-corrected chi connectivity index (χ2v) is 4.72. The minimum atomic E-state index is -0.0330. The highest BCUT2D eigenvalue weighted by Crippen LogP contribution is 2.20. The summed E-state index contributed by atoms with van der Waals surface area (Å²) in [5.74, 6) is 1.44. The van der Waals surface area contributed by atoms with E-state index in [9.17, 15) is 4.79 Å². The highest BCUT2D eigenvalue weighted by Gasteiger charge is 2.09. The van der Waals surface area contributed by atoms with Gasteiger partial charge in [-0.15, -0.1) is 0 Å². The molecule has 0 amide bonds. The zero-order valence-corrected chi connectivity index (χ0v) is 12.2. The molecule has 1 heterocycles. The number of hydrogen-bond donors (Lipinski definition) is 0. The van der Waals surface area contributed by atoms with Gasteiger partial charge in [0.2, 0.25) is 5.82 Å². The number of carbonyl (C=O) groups excluding carboxylic acids is 1. The standard InChI is InChI=1S/C17H14N2O4/c20-12-21-11-16-18-17(19-23-16)14-6-8-15(9-7-14)22-10-13-4-2-1-3-5-13/h1-9,12H,10-11H2. The van der Waals surface area contributed by atoms with Crippen molar-refractivity contribution in [2.24, 2.45) is 0 Å². The average molecular weight is 310 g/mol. The van der Waals surface area contributed by atoms with E-state index in [-0.39, 0.29) is 12.5 Å².